The van der Waals surface area contributed by atoms with Crippen molar-refractivity contribution in [2.75, 3.05) is 31.3 Å². The molecule has 12 nitrogen and oxygen atoms in total. The lowest BCUT2D eigenvalue weighted by molar-refractivity contribution is -0.143. The number of hydrogen-bond acceptors (Lipinski definition) is 9. The van der Waals surface area contributed by atoms with Crippen molar-refractivity contribution in [1.82, 2.24) is 25.5 Å². The van der Waals surface area contributed by atoms with Gasteiger partial charge < -0.3 is 35.6 Å². The lowest BCUT2D eigenvalue weighted by Crippen LogP contribution is -2.59. The summed E-state index contributed by atoms with van der Waals surface area (Å²) in [7, 11) is 3.20. The van der Waals surface area contributed by atoms with E-state index >= 15 is 0 Å². The molecule has 4 aromatic rings. The quantitative estimate of drug-likeness (QED) is 0.171. The largest absolute Gasteiger partial charge is 0.494 e. The van der Waals surface area contributed by atoms with E-state index in [9.17, 15) is 14.4 Å². The third-order valence-electron chi connectivity index (χ3n) is 8.37. The number of nitrogens with one attached hydrogen (secondary N) is 4. The fraction of sp³-hybridized carbons (Fsp3) is 0.361. The van der Waals surface area contributed by atoms with Crippen molar-refractivity contribution in [1.29, 1.82) is 0 Å². The van der Waals surface area contributed by atoms with E-state index in [-0.39, 0.29) is 17.7 Å². The summed E-state index contributed by atoms with van der Waals surface area (Å²) >= 11 is 0. The number of hydrogen-bond donors (Lipinski definition) is 4. The SMILES string of the molecule is CNC(C)C(=O)NC(C(=O)N1CCCC1C(=O)Nc1cc2c(Nc3ccc(Oc4ccccc4)cc3)ncnc2cc1OC)C(C)(C)C. The Kier molecular flexibility index (Phi) is 10.4. The molecule has 1 aliphatic heterocycles. The first kappa shape index (κ1) is 34.1. The molecule has 3 aromatic carbocycles. The molecular formula is C36H43N7O5. The van der Waals surface area contributed by atoms with E-state index in [0.29, 0.717) is 53.3 Å². The van der Waals surface area contributed by atoms with Gasteiger partial charge in [0, 0.05) is 23.7 Å². The van der Waals surface area contributed by atoms with E-state index in [4.69, 9.17) is 9.47 Å². The number of ether oxygens (including phenoxy) is 2. The fourth-order valence-corrected chi connectivity index (χ4v) is 5.55. The van der Waals surface area contributed by atoms with Gasteiger partial charge in [-0.3, -0.25) is 14.4 Å². The highest BCUT2D eigenvalue weighted by Gasteiger charge is 2.42. The zero-order chi connectivity index (χ0) is 34.4. The molecule has 3 amide bonds. The number of fused-ring (bicyclic) bond motifs is 1. The van der Waals surface area contributed by atoms with Crippen LogP contribution in [0.15, 0.2) is 73.1 Å². The number of likely N-dealkylation sites (N-methyl/N-ethyl adjacent to an activating group) is 1. The highest BCUT2D eigenvalue weighted by Crippen LogP contribution is 2.35. The minimum absolute atomic E-state index is 0.282. The number of carbonyl (C=O) groups excluding carboxylic acids is 3. The Morgan fingerprint density at radius 1 is 0.979 bits per heavy atom. The second-order valence-electron chi connectivity index (χ2n) is 12.9. The van der Waals surface area contributed by atoms with Gasteiger partial charge in [0.15, 0.2) is 0 Å². The summed E-state index contributed by atoms with van der Waals surface area (Å²) in [6.07, 6.45) is 2.61. The minimum Gasteiger partial charge on any atom is -0.494 e. The number of carbonyl (C=O) groups is 3. The minimum atomic E-state index is -0.811. The number of anilines is 3. The molecule has 5 rings (SSSR count). The molecule has 3 unspecified atom stereocenters. The van der Waals surface area contributed by atoms with Crippen molar-refractivity contribution in [2.45, 2.75) is 58.7 Å². The first-order chi connectivity index (χ1) is 23.0. The number of para-hydroxylation sites is 1. The predicted octanol–water partition coefficient (Wildman–Crippen LogP) is 5.24. The molecule has 1 saturated heterocycles. The molecule has 48 heavy (non-hydrogen) atoms. The second-order valence-corrected chi connectivity index (χ2v) is 12.9. The Balaban J connectivity index is 1.35. The van der Waals surface area contributed by atoms with Gasteiger partial charge in [0.2, 0.25) is 17.7 Å². The van der Waals surface area contributed by atoms with E-state index in [2.05, 4.69) is 31.2 Å². The maximum absolute atomic E-state index is 13.9. The van der Waals surface area contributed by atoms with Crippen LogP contribution in [0, 0.1) is 5.41 Å². The number of benzene rings is 3. The third-order valence-corrected chi connectivity index (χ3v) is 8.37. The molecule has 0 aliphatic carbocycles. The Morgan fingerprint density at radius 3 is 2.35 bits per heavy atom. The van der Waals surface area contributed by atoms with Crippen molar-refractivity contribution in [3.63, 3.8) is 0 Å². The van der Waals surface area contributed by atoms with Gasteiger partial charge in [0.25, 0.3) is 0 Å². The molecule has 1 fully saturated rings. The summed E-state index contributed by atoms with van der Waals surface area (Å²) in [5.74, 6) is 1.47. The number of aromatic nitrogens is 2. The number of likely N-dealkylation sites (tertiary alicyclic amines) is 1. The number of amides is 3. The molecule has 12 heteroatoms. The van der Waals surface area contributed by atoms with E-state index in [1.807, 2.05) is 75.4 Å². The molecule has 252 valence electrons. The van der Waals surface area contributed by atoms with Gasteiger partial charge in [-0.15, -0.1) is 0 Å². The summed E-state index contributed by atoms with van der Waals surface area (Å²) < 4.78 is 11.5. The van der Waals surface area contributed by atoms with Crippen LogP contribution in [0.4, 0.5) is 17.2 Å². The molecule has 1 aliphatic rings. The topological polar surface area (TPSA) is 147 Å². The third kappa shape index (κ3) is 7.83. The molecule has 4 N–H and O–H groups in total. The Bertz CT molecular complexity index is 1760. The van der Waals surface area contributed by atoms with Crippen LogP contribution in [0.3, 0.4) is 0 Å². The van der Waals surface area contributed by atoms with Gasteiger partial charge >= 0.3 is 0 Å². The van der Waals surface area contributed by atoms with Crippen molar-refractivity contribution in [2.24, 2.45) is 5.41 Å². The van der Waals surface area contributed by atoms with Crippen molar-refractivity contribution in [3.8, 4) is 17.2 Å². The smallest absolute Gasteiger partial charge is 0.247 e. The van der Waals surface area contributed by atoms with Crippen LogP contribution in [-0.2, 0) is 14.4 Å². The summed E-state index contributed by atoms with van der Waals surface area (Å²) in [6, 6.07) is 18.5. The number of methoxy groups -OCH3 is 1. The maximum Gasteiger partial charge on any atom is 0.247 e. The lowest BCUT2D eigenvalue weighted by Gasteiger charge is -2.36. The average molecular weight is 654 g/mol. The van der Waals surface area contributed by atoms with Gasteiger partial charge in [-0.1, -0.05) is 39.0 Å². The normalized spacial score (nSPS) is 15.8. The first-order valence-corrected chi connectivity index (χ1v) is 16.0. The lowest BCUT2D eigenvalue weighted by atomic mass is 9.85. The zero-order valence-corrected chi connectivity index (χ0v) is 28.2. The van der Waals surface area contributed by atoms with Crippen LogP contribution in [0.2, 0.25) is 0 Å². The predicted molar refractivity (Wildman–Crippen MR) is 186 cm³/mol. The van der Waals surface area contributed by atoms with Crippen LogP contribution in [0.1, 0.15) is 40.5 Å². The molecule has 3 atom stereocenters. The standard InChI is InChI=1S/C36H43N7O5/c1-22(37-5)33(44)42-31(36(2,3)4)35(46)43-18-10-13-29(43)34(45)41-28-19-26-27(20-30(28)47-6)38-21-39-32(26)40-23-14-16-25(17-15-23)48-24-11-8-7-9-12-24/h7-9,11-12,14-17,19-22,29,31,37H,10,13,18H2,1-6H3,(H,41,45)(H,42,44)(H,38,39,40). The van der Waals surface area contributed by atoms with E-state index < -0.39 is 23.5 Å². The highest BCUT2D eigenvalue weighted by molar-refractivity contribution is 6.03. The zero-order valence-electron chi connectivity index (χ0n) is 28.2. The van der Waals surface area contributed by atoms with E-state index in [0.717, 1.165) is 11.4 Å². The summed E-state index contributed by atoms with van der Waals surface area (Å²) in [5.41, 5.74) is 1.23. The molecular weight excluding hydrogens is 610 g/mol. The van der Waals surface area contributed by atoms with Crippen molar-refractivity contribution >= 4 is 45.8 Å². The number of nitrogens with zero attached hydrogens (tertiary/aromatic N) is 3. The van der Waals surface area contributed by atoms with Crippen LogP contribution in [0.5, 0.6) is 17.2 Å². The molecule has 0 bridgehead atoms. The molecule has 0 spiro atoms. The second kappa shape index (κ2) is 14.7. The molecule has 2 heterocycles. The van der Waals surface area contributed by atoms with Crippen molar-refractivity contribution in [3.05, 3.63) is 73.1 Å². The van der Waals surface area contributed by atoms with Gasteiger partial charge in [-0.25, -0.2) is 9.97 Å². The van der Waals surface area contributed by atoms with Gasteiger partial charge in [-0.05, 0) is 74.7 Å². The van der Waals surface area contributed by atoms with E-state index in [1.54, 1.807) is 31.0 Å². The summed E-state index contributed by atoms with van der Waals surface area (Å²) in [5, 5.41) is 12.8. The fourth-order valence-electron chi connectivity index (χ4n) is 5.55. The maximum atomic E-state index is 13.9. The van der Waals surface area contributed by atoms with Crippen molar-refractivity contribution < 1.29 is 23.9 Å². The Labute approximate surface area is 280 Å². The van der Waals surface area contributed by atoms with Crippen LogP contribution >= 0.6 is 0 Å². The van der Waals surface area contributed by atoms with Gasteiger partial charge in [0.1, 0.15) is 41.5 Å². The van der Waals surface area contributed by atoms with Crippen LogP contribution in [0.25, 0.3) is 10.9 Å². The Hall–Kier alpha value is -5.23. The summed E-state index contributed by atoms with van der Waals surface area (Å²) in [4.78, 5) is 50.9. The number of rotatable bonds is 11. The first-order valence-electron chi connectivity index (χ1n) is 16.0. The monoisotopic (exact) mass is 653 g/mol. The highest BCUT2D eigenvalue weighted by atomic mass is 16.5. The average Bonchev–Trinajstić information content (AvgIpc) is 3.58. The van der Waals surface area contributed by atoms with Gasteiger partial charge in [0.05, 0.1) is 24.4 Å². The van der Waals surface area contributed by atoms with Crippen LogP contribution < -0.4 is 30.7 Å². The molecule has 1 aromatic heterocycles. The summed E-state index contributed by atoms with van der Waals surface area (Å²) in [6.45, 7) is 7.82. The van der Waals surface area contributed by atoms with E-state index in [1.165, 1.54) is 13.4 Å². The van der Waals surface area contributed by atoms with Gasteiger partial charge in [-0.2, -0.15) is 0 Å². The molecule has 0 radical (unpaired) electrons. The van der Waals surface area contributed by atoms with Crippen LogP contribution in [-0.4, -0.2) is 71.4 Å². The Morgan fingerprint density at radius 2 is 1.69 bits per heavy atom. The molecule has 0 saturated carbocycles.